The molecule has 0 aromatic rings. The van der Waals surface area contributed by atoms with E-state index in [4.69, 9.17) is 14.2 Å². The number of allylic oxidation sites excluding steroid dienone is 10. The highest BCUT2D eigenvalue weighted by molar-refractivity contribution is 5.70. The molecule has 0 amide bonds. The van der Waals surface area contributed by atoms with Crippen molar-refractivity contribution in [3.63, 3.8) is 0 Å². The number of carboxylic acid groups (broad SMARTS) is 1. The van der Waals surface area contributed by atoms with Crippen molar-refractivity contribution in [1.29, 1.82) is 0 Å². The van der Waals surface area contributed by atoms with Gasteiger partial charge < -0.3 is 28.6 Å². The van der Waals surface area contributed by atoms with E-state index in [1.807, 2.05) is 12.2 Å². The van der Waals surface area contributed by atoms with Gasteiger partial charge in [0.1, 0.15) is 12.6 Å². The average molecular weight is 828 g/mol. The topological polar surface area (TPSA) is 102 Å². The lowest BCUT2D eigenvalue weighted by Crippen LogP contribution is -2.55. The summed E-state index contributed by atoms with van der Waals surface area (Å²) in [6.07, 6.45) is 51.2. The van der Waals surface area contributed by atoms with Crippen molar-refractivity contribution in [3.05, 3.63) is 60.8 Å². The molecule has 0 bridgehead atoms. The lowest BCUT2D eigenvalue weighted by molar-refractivity contribution is -0.889. The molecule has 0 aromatic carbocycles. The highest BCUT2D eigenvalue weighted by Gasteiger charge is 2.25. The first-order valence-electron chi connectivity index (χ1n) is 23.8. The molecule has 8 nitrogen and oxygen atoms in total. The molecule has 340 valence electrons. The number of esters is 2. The predicted octanol–water partition coefficient (Wildman–Crippen LogP) is 12.0. The van der Waals surface area contributed by atoms with Gasteiger partial charge in [0.05, 0.1) is 40.3 Å². The number of carboxylic acids is 1. The van der Waals surface area contributed by atoms with Crippen molar-refractivity contribution in [2.24, 2.45) is 0 Å². The first kappa shape index (κ1) is 56.0. The van der Waals surface area contributed by atoms with Crippen molar-refractivity contribution in [2.45, 2.75) is 206 Å². The summed E-state index contributed by atoms with van der Waals surface area (Å²) < 4.78 is 17.1. The summed E-state index contributed by atoms with van der Waals surface area (Å²) >= 11 is 0. The second-order valence-corrected chi connectivity index (χ2v) is 17.0. The van der Waals surface area contributed by atoms with E-state index in [9.17, 15) is 19.5 Å². The van der Waals surface area contributed by atoms with Crippen LogP contribution in [0.2, 0.25) is 0 Å². The molecule has 0 saturated heterocycles. The van der Waals surface area contributed by atoms with Gasteiger partial charge in [-0.1, -0.05) is 190 Å². The Morgan fingerprint density at radius 3 is 1.37 bits per heavy atom. The van der Waals surface area contributed by atoms with E-state index >= 15 is 0 Å². The first-order valence-corrected chi connectivity index (χ1v) is 23.8. The van der Waals surface area contributed by atoms with Crippen LogP contribution in [0.5, 0.6) is 0 Å². The molecule has 0 heterocycles. The van der Waals surface area contributed by atoms with E-state index in [-0.39, 0.29) is 43.1 Å². The van der Waals surface area contributed by atoms with E-state index in [1.165, 1.54) is 103 Å². The summed E-state index contributed by atoms with van der Waals surface area (Å²) in [5, 5.41) is 11.6. The number of unbranched alkanes of at least 4 members (excludes halogenated alkanes) is 18. The third-order valence-electron chi connectivity index (χ3n) is 10.4. The number of hydrogen-bond acceptors (Lipinski definition) is 7. The maximum Gasteiger partial charge on any atom is 0.306 e. The molecule has 2 unspecified atom stereocenters. The van der Waals surface area contributed by atoms with Gasteiger partial charge in [-0.2, -0.15) is 0 Å². The van der Waals surface area contributed by atoms with Crippen molar-refractivity contribution >= 4 is 17.9 Å². The van der Waals surface area contributed by atoms with Crippen LogP contribution in [0.3, 0.4) is 0 Å². The Morgan fingerprint density at radius 2 is 0.949 bits per heavy atom. The van der Waals surface area contributed by atoms with Gasteiger partial charge in [-0.3, -0.25) is 9.59 Å². The second kappa shape index (κ2) is 41.8. The summed E-state index contributed by atoms with van der Waals surface area (Å²) in [5.74, 6) is -1.84. The van der Waals surface area contributed by atoms with Gasteiger partial charge in [-0.25, -0.2) is 0 Å². The van der Waals surface area contributed by atoms with Crippen LogP contribution in [0.4, 0.5) is 0 Å². The fourth-order valence-electron chi connectivity index (χ4n) is 6.77. The number of likely N-dealkylation sites (N-methyl/N-ethyl adjacent to an activating group) is 1. The number of quaternary nitrogens is 1. The molecule has 59 heavy (non-hydrogen) atoms. The fraction of sp³-hybridized carbons (Fsp3) is 0.745. The van der Waals surface area contributed by atoms with Crippen molar-refractivity contribution in [2.75, 3.05) is 41.0 Å². The zero-order chi connectivity index (χ0) is 43.5. The quantitative estimate of drug-likeness (QED) is 0.0261. The normalized spacial score (nSPS) is 13.4. The van der Waals surface area contributed by atoms with Crippen LogP contribution in [-0.4, -0.2) is 75.5 Å². The van der Waals surface area contributed by atoms with Crippen LogP contribution in [0.15, 0.2) is 60.8 Å². The maximum atomic E-state index is 12.7. The molecular weight excluding hydrogens is 739 g/mol. The second-order valence-electron chi connectivity index (χ2n) is 17.0. The third-order valence-corrected chi connectivity index (χ3v) is 10.4. The van der Waals surface area contributed by atoms with Crippen LogP contribution in [0, 0.1) is 0 Å². The monoisotopic (exact) mass is 828 g/mol. The molecule has 0 spiro atoms. The number of carbonyl (C=O) groups excluding carboxylic acids is 3. The molecule has 0 saturated carbocycles. The standard InChI is InChI=1S/C51H89NO7/c1-6-8-10-12-14-16-18-20-22-24-25-26-28-29-31-33-35-37-39-41-49(53)58-46-47(45-57-44-43-48(51(55)56)52(3,4)5)59-50(54)42-40-38-36-34-32-30-27-23-21-19-17-15-13-11-9-7-2/h9,11,15,17,21,23,30,32,36,38,47-48H,6-8,10,12-14,16,18-20,22,24-29,31,33-35,37,39-46H2,1-5H3/b11-9+,17-15+,23-21+,32-30+,38-36+. The summed E-state index contributed by atoms with van der Waals surface area (Å²) in [4.78, 5) is 36.9. The Kier molecular flexibility index (Phi) is 39.6. The number of rotatable bonds is 42. The predicted molar refractivity (Wildman–Crippen MR) is 245 cm³/mol. The first-order chi connectivity index (χ1) is 28.6. The van der Waals surface area contributed by atoms with Gasteiger partial charge in [0, 0.05) is 19.3 Å². The van der Waals surface area contributed by atoms with Gasteiger partial charge in [-0.15, -0.1) is 0 Å². The van der Waals surface area contributed by atoms with Gasteiger partial charge in [0.2, 0.25) is 0 Å². The number of hydrogen-bond donors (Lipinski definition) is 0. The molecule has 0 rings (SSSR count). The lowest BCUT2D eigenvalue weighted by atomic mass is 10.0. The minimum Gasteiger partial charge on any atom is -0.544 e. The number of carbonyl (C=O) groups is 3. The molecular formula is C51H89NO7. The van der Waals surface area contributed by atoms with Crippen molar-refractivity contribution in [3.8, 4) is 0 Å². The summed E-state index contributed by atoms with van der Waals surface area (Å²) in [7, 11) is 5.38. The summed E-state index contributed by atoms with van der Waals surface area (Å²) in [6, 6.07) is -0.739. The van der Waals surface area contributed by atoms with Crippen LogP contribution < -0.4 is 5.11 Å². The van der Waals surface area contributed by atoms with Crippen LogP contribution in [-0.2, 0) is 28.6 Å². The van der Waals surface area contributed by atoms with E-state index in [0.717, 1.165) is 51.4 Å². The van der Waals surface area contributed by atoms with Crippen molar-refractivity contribution < 1.29 is 38.2 Å². The van der Waals surface area contributed by atoms with Gasteiger partial charge in [-0.05, 0) is 44.9 Å². The molecule has 0 aromatic heterocycles. The fourth-order valence-corrected chi connectivity index (χ4v) is 6.77. The minimum atomic E-state index is -1.14. The zero-order valence-electron chi connectivity index (χ0n) is 38.7. The zero-order valence-corrected chi connectivity index (χ0v) is 38.7. The highest BCUT2D eigenvalue weighted by Crippen LogP contribution is 2.15. The molecule has 0 radical (unpaired) electrons. The van der Waals surface area contributed by atoms with Crippen LogP contribution in [0.1, 0.15) is 194 Å². The van der Waals surface area contributed by atoms with Gasteiger partial charge >= 0.3 is 11.9 Å². The highest BCUT2D eigenvalue weighted by atomic mass is 16.6. The summed E-state index contributed by atoms with van der Waals surface area (Å²) in [5.41, 5.74) is 0. The number of ether oxygens (including phenoxy) is 3. The SMILES string of the molecule is CC/C=C/C/C=C/C/C=C/C/C=C/C/C=C/CCC(=O)OC(COCCC(C(=O)[O-])[N+](C)(C)C)COC(=O)CCCCCCCCCCCCCCCCCCCCC. The Balaban J connectivity index is 4.36. The van der Waals surface area contributed by atoms with E-state index in [1.54, 1.807) is 21.1 Å². The number of aliphatic carboxylic acids is 1. The molecule has 8 heteroatoms. The molecule has 0 aliphatic heterocycles. The van der Waals surface area contributed by atoms with Gasteiger partial charge in [0.25, 0.3) is 0 Å². The van der Waals surface area contributed by atoms with E-state index < -0.39 is 24.1 Å². The Bertz CT molecular complexity index is 1150. The Morgan fingerprint density at radius 1 is 0.525 bits per heavy atom. The Hall–Kier alpha value is -2.97. The lowest BCUT2D eigenvalue weighted by Gasteiger charge is -2.34. The van der Waals surface area contributed by atoms with Crippen molar-refractivity contribution in [1.82, 2.24) is 0 Å². The molecule has 0 aliphatic rings. The maximum absolute atomic E-state index is 12.7. The molecule has 0 fully saturated rings. The average Bonchev–Trinajstić information content (AvgIpc) is 3.19. The largest absolute Gasteiger partial charge is 0.544 e. The molecule has 2 atom stereocenters. The molecule has 0 N–H and O–H groups in total. The van der Waals surface area contributed by atoms with E-state index in [0.29, 0.717) is 12.8 Å². The molecule has 0 aliphatic carbocycles. The van der Waals surface area contributed by atoms with Crippen LogP contribution in [0.25, 0.3) is 0 Å². The van der Waals surface area contributed by atoms with Crippen LogP contribution >= 0.6 is 0 Å². The summed E-state index contributed by atoms with van der Waals surface area (Å²) in [6.45, 7) is 4.48. The minimum absolute atomic E-state index is 0.0108. The number of nitrogens with zero attached hydrogens (tertiary/aromatic N) is 1. The third kappa shape index (κ3) is 40.2. The van der Waals surface area contributed by atoms with Gasteiger partial charge in [0.15, 0.2) is 6.10 Å². The smallest absolute Gasteiger partial charge is 0.306 e. The Labute approximate surface area is 362 Å². The van der Waals surface area contributed by atoms with E-state index in [2.05, 4.69) is 62.5 Å².